The van der Waals surface area contributed by atoms with Crippen LogP contribution in [0, 0.1) is 0 Å². The van der Waals surface area contributed by atoms with E-state index in [2.05, 4.69) is 10.6 Å². The van der Waals surface area contributed by atoms with Crippen LogP contribution in [0.1, 0.15) is 44.9 Å². The summed E-state index contributed by atoms with van der Waals surface area (Å²) in [6, 6.07) is 11.3. The van der Waals surface area contributed by atoms with Crippen LogP contribution in [-0.4, -0.2) is 44.0 Å². The van der Waals surface area contributed by atoms with Gasteiger partial charge in [0.2, 0.25) is 0 Å². The summed E-state index contributed by atoms with van der Waals surface area (Å²) < 4.78 is 5.39. The van der Waals surface area contributed by atoms with E-state index in [1.165, 1.54) is 12.1 Å². The van der Waals surface area contributed by atoms with Gasteiger partial charge in [-0.25, -0.2) is 4.90 Å². The quantitative estimate of drug-likeness (QED) is 0.541. The summed E-state index contributed by atoms with van der Waals surface area (Å²) in [5.74, 6) is -0.449. The molecule has 0 aliphatic carbocycles. The Labute approximate surface area is 163 Å². The monoisotopic (exact) mass is 381 g/mol. The van der Waals surface area contributed by atoms with E-state index in [0.29, 0.717) is 42.3 Å². The number of hydrogen-bond donors (Lipinski definition) is 2. The van der Waals surface area contributed by atoms with Gasteiger partial charge in [-0.05, 0) is 55.9 Å². The second-order valence-corrected chi connectivity index (χ2v) is 6.24. The van der Waals surface area contributed by atoms with Gasteiger partial charge in [-0.1, -0.05) is 6.92 Å². The summed E-state index contributed by atoms with van der Waals surface area (Å²) in [5, 5.41) is 5.90. The van der Waals surface area contributed by atoms with E-state index in [-0.39, 0.29) is 11.5 Å². The van der Waals surface area contributed by atoms with Crippen molar-refractivity contribution in [2.45, 2.75) is 13.8 Å². The van der Waals surface area contributed by atoms with Gasteiger partial charge in [0, 0.05) is 18.7 Å². The molecule has 3 amide bonds. The van der Waals surface area contributed by atoms with Crippen molar-refractivity contribution in [3.63, 3.8) is 0 Å². The number of fused-ring (bicyclic) bond motifs is 1. The minimum Gasteiger partial charge on any atom is -0.494 e. The second kappa shape index (κ2) is 8.67. The number of imide groups is 1. The lowest BCUT2D eigenvalue weighted by Gasteiger charge is -2.14. The molecule has 1 aliphatic heterocycles. The number of likely N-dealkylation sites (N-methyl/N-ethyl adjacent to an activating group) is 1. The fourth-order valence-corrected chi connectivity index (χ4v) is 3.02. The van der Waals surface area contributed by atoms with Crippen LogP contribution < -0.4 is 20.3 Å². The lowest BCUT2D eigenvalue weighted by Crippen LogP contribution is -2.31. The van der Waals surface area contributed by atoms with Crippen LogP contribution in [0.4, 0.5) is 5.69 Å². The van der Waals surface area contributed by atoms with Gasteiger partial charge in [0.1, 0.15) is 5.75 Å². The number of anilines is 1. The van der Waals surface area contributed by atoms with Gasteiger partial charge in [0.05, 0.1) is 23.4 Å². The standard InChI is InChI=1S/C21H23N3O4/c1-3-22-11-12-23-19(25)14-5-10-17-18(13-14)21(27)24(20(17)26)15-6-8-16(9-7-15)28-4-2/h5-10,13,22H,3-4,11-12H2,1-2H3,(H,23,25). The van der Waals surface area contributed by atoms with Crippen molar-refractivity contribution < 1.29 is 19.1 Å². The van der Waals surface area contributed by atoms with Crippen molar-refractivity contribution in [3.05, 3.63) is 59.2 Å². The number of nitrogens with one attached hydrogen (secondary N) is 2. The lowest BCUT2D eigenvalue weighted by atomic mass is 10.1. The molecule has 0 spiro atoms. The topological polar surface area (TPSA) is 87.7 Å². The molecule has 1 heterocycles. The largest absolute Gasteiger partial charge is 0.494 e. The molecule has 0 bridgehead atoms. The number of carbonyl (C=O) groups is 3. The van der Waals surface area contributed by atoms with Crippen LogP contribution in [0.5, 0.6) is 5.75 Å². The first kappa shape index (κ1) is 19.6. The molecule has 0 saturated carbocycles. The minimum absolute atomic E-state index is 0.234. The maximum absolute atomic E-state index is 12.8. The number of amides is 3. The smallest absolute Gasteiger partial charge is 0.266 e. The van der Waals surface area contributed by atoms with Crippen LogP contribution in [0.3, 0.4) is 0 Å². The zero-order valence-electron chi connectivity index (χ0n) is 16.0. The predicted molar refractivity (Wildman–Crippen MR) is 106 cm³/mol. The molecule has 2 N–H and O–H groups in total. The average molecular weight is 381 g/mol. The van der Waals surface area contributed by atoms with Crippen LogP contribution in [0.25, 0.3) is 0 Å². The van der Waals surface area contributed by atoms with E-state index in [0.717, 1.165) is 11.4 Å². The van der Waals surface area contributed by atoms with Crippen molar-refractivity contribution in [2.75, 3.05) is 31.1 Å². The number of nitrogens with zero attached hydrogens (tertiary/aromatic N) is 1. The Hall–Kier alpha value is -3.19. The number of ether oxygens (including phenoxy) is 1. The Balaban J connectivity index is 1.78. The summed E-state index contributed by atoms with van der Waals surface area (Å²) >= 11 is 0. The molecule has 0 aromatic heterocycles. The summed E-state index contributed by atoms with van der Waals surface area (Å²) in [4.78, 5) is 38.9. The second-order valence-electron chi connectivity index (χ2n) is 6.24. The number of benzene rings is 2. The molecule has 7 nitrogen and oxygen atoms in total. The highest BCUT2D eigenvalue weighted by atomic mass is 16.5. The third-order valence-electron chi connectivity index (χ3n) is 4.39. The van der Waals surface area contributed by atoms with Crippen LogP contribution in [0.2, 0.25) is 0 Å². The molecule has 2 aromatic carbocycles. The summed E-state index contributed by atoms with van der Waals surface area (Å²) in [7, 11) is 0. The Morgan fingerprint density at radius 1 is 0.964 bits per heavy atom. The van der Waals surface area contributed by atoms with Gasteiger partial charge in [0.25, 0.3) is 17.7 Å². The number of hydrogen-bond acceptors (Lipinski definition) is 5. The molecule has 0 fully saturated rings. The highest BCUT2D eigenvalue weighted by molar-refractivity contribution is 6.34. The zero-order chi connectivity index (χ0) is 20.1. The van der Waals surface area contributed by atoms with E-state index in [1.54, 1.807) is 30.3 Å². The maximum atomic E-state index is 12.8. The summed E-state index contributed by atoms with van der Waals surface area (Å²) in [5.41, 5.74) is 1.34. The SMILES string of the molecule is CCNCCNC(=O)c1ccc2c(c1)C(=O)N(c1ccc(OCC)cc1)C2=O. The first-order valence-electron chi connectivity index (χ1n) is 9.31. The van der Waals surface area contributed by atoms with Crippen molar-refractivity contribution in [3.8, 4) is 5.75 Å². The molecule has 7 heteroatoms. The van der Waals surface area contributed by atoms with E-state index in [1.807, 2.05) is 13.8 Å². The number of rotatable bonds is 8. The van der Waals surface area contributed by atoms with Gasteiger partial charge in [-0.15, -0.1) is 0 Å². The molecule has 146 valence electrons. The Morgan fingerprint density at radius 2 is 1.68 bits per heavy atom. The molecular formula is C21H23N3O4. The molecule has 0 radical (unpaired) electrons. The molecule has 28 heavy (non-hydrogen) atoms. The average Bonchev–Trinajstić information content (AvgIpc) is 2.96. The van der Waals surface area contributed by atoms with Crippen LogP contribution in [0.15, 0.2) is 42.5 Å². The van der Waals surface area contributed by atoms with Gasteiger partial charge < -0.3 is 15.4 Å². The molecule has 0 atom stereocenters. The van der Waals surface area contributed by atoms with E-state index in [9.17, 15) is 14.4 Å². The molecule has 3 rings (SSSR count). The van der Waals surface area contributed by atoms with Crippen molar-refractivity contribution in [1.29, 1.82) is 0 Å². The normalized spacial score (nSPS) is 12.9. The molecule has 0 saturated heterocycles. The van der Waals surface area contributed by atoms with Gasteiger partial charge in [-0.2, -0.15) is 0 Å². The Morgan fingerprint density at radius 3 is 2.36 bits per heavy atom. The minimum atomic E-state index is -0.438. The van der Waals surface area contributed by atoms with Crippen molar-refractivity contribution >= 4 is 23.4 Å². The lowest BCUT2D eigenvalue weighted by molar-refractivity contribution is 0.0923. The van der Waals surface area contributed by atoms with E-state index < -0.39 is 11.8 Å². The fourth-order valence-electron chi connectivity index (χ4n) is 3.02. The maximum Gasteiger partial charge on any atom is 0.266 e. The van der Waals surface area contributed by atoms with Crippen LogP contribution >= 0.6 is 0 Å². The Kier molecular flexibility index (Phi) is 6.06. The number of carbonyl (C=O) groups excluding carboxylic acids is 3. The molecule has 1 aliphatic rings. The van der Waals surface area contributed by atoms with Crippen LogP contribution in [-0.2, 0) is 0 Å². The molecular weight excluding hydrogens is 358 g/mol. The summed E-state index contributed by atoms with van der Waals surface area (Å²) in [6.45, 7) is 6.37. The zero-order valence-corrected chi connectivity index (χ0v) is 16.0. The molecule has 2 aromatic rings. The Bertz CT molecular complexity index is 893. The third kappa shape index (κ3) is 3.89. The highest BCUT2D eigenvalue weighted by Gasteiger charge is 2.37. The third-order valence-corrected chi connectivity index (χ3v) is 4.39. The van der Waals surface area contributed by atoms with E-state index >= 15 is 0 Å². The van der Waals surface area contributed by atoms with Crippen molar-refractivity contribution in [2.24, 2.45) is 0 Å². The first-order valence-corrected chi connectivity index (χ1v) is 9.31. The van der Waals surface area contributed by atoms with Crippen molar-refractivity contribution in [1.82, 2.24) is 10.6 Å². The summed E-state index contributed by atoms with van der Waals surface area (Å²) in [6.07, 6.45) is 0. The van der Waals surface area contributed by atoms with Gasteiger partial charge >= 0.3 is 0 Å². The predicted octanol–water partition coefficient (Wildman–Crippen LogP) is 2.23. The van der Waals surface area contributed by atoms with Gasteiger partial charge in [0.15, 0.2) is 0 Å². The first-order chi connectivity index (χ1) is 13.6. The highest BCUT2D eigenvalue weighted by Crippen LogP contribution is 2.30. The van der Waals surface area contributed by atoms with E-state index in [4.69, 9.17) is 4.74 Å². The fraction of sp³-hybridized carbons (Fsp3) is 0.286. The molecule has 0 unspecified atom stereocenters. The van der Waals surface area contributed by atoms with Gasteiger partial charge in [-0.3, -0.25) is 14.4 Å².